The Morgan fingerprint density at radius 1 is 0.560 bits per heavy atom. The molecular weight excluding hydrogens is 657 g/mol. The van der Waals surface area contributed by atoms with Crippen LogP contribution < -0.4 is 5.73 Å². The second kappa shape index (κ2) is 36.3. The van der Waals surface area contributed by atoms with Crippen LogP contribution in [0.5, 0.6) is 0 Å². The molecule has 0 aromatic rings. The lowest BCUT2D eigenvalue weighted by Gasteiger charge is -2.20. The minimum atomic E-state index is -4.60. The molecule has 0 aromatic carbocycles. The topological polar surface area (TPSA) is 155 Å². The smallest absolute Gasteiger partial charge is 0.472 e. The third-order valence-corrected chi connectivity index (χ3v) is 10.1. The molecule has 0 saturated heterocycles. The summed E-state index contributed by atoms with van der Waals surface area (Å²) in [4.78, 5) is 33.2. The van der Waals surface area contributed by atoms with Crippen molar-refractivity contribution in [1.29, 1.82) is 0 Å². The Labute approximate surface area is 306 Å². The lowest BCUT2D eigenvalue weighted by molar-refractivity contribution is -0.154. The first kappa shape index (κ1) is 49.0. The second-order valence-corrected chi connectivity index (χ2v) is 15.6. The highest BCUT2D eigenvalue weighted by Gasteiger charge is 2.27. The Hall–Kier alpha value is -1.03. The van der Waals surface area contributed by atoms with Crippen LogP contribution in [0.3, 0.4) is 0 Å². The van der Waals surface area contributed by atoms with Crippen molar-refractivity contribution in [2.75, 3.05) is 26.4 Å². The van der Waals surface area contributed by atoms with E-state index in [2.05, 4.69) is 18.4 Å². The number of hydrogen-bond donors (Lipinski definition) is 3. The summed E-state index contributed by atoms with van der Waals surface area (Å²) < 4.78 is 33.1. The molecule has 0 aliphatic rings. The number of hydrogen-bond acceptors (Lipinski definition) is 8. The first-order valence-corrected chi connectivity index (χ1v) is 22.1. The van der Waals surface area contributed by atoms with E-state index in [1.54, 1.807) is 0 Å². The van der Waals surface area contributed by atoms with Gasteiger partial charge in [0.15, 0.2) is 0 Å². The lowest BCUT2D eigenvalue weighted by atomic mass is 10.0. The zero-order valence-corrected chi connectivity index (χ0v) is 33.2. The van der Waals surface area contributed by atoms with Crippen LogP contribution in [0.1, 0.15) is 200 Å². The fourth-order valence-electron chi connectivity index (χ4n) is 5.90. The zero-order valence-electron chi connectivity index (χ0n) is 32.3. The Balaban J connectivity index is 4.01. The first-order chi connectivity index (χ1) is 24.2. The zero-order chi connectivity index (χ0) is 37.0. The standard InChI is InChI=1S/C39H78NO9P/c1-3-5-7-9-11-12-13-14-15-16-17-18-19-20-21-22-23-24-26-28-30-32-46-33-36(34-47-50(44,45)48-35-37(40)39(42)43)49-38(41)31-29-27-25-10-8-6-4-2/h36-37H,3-35,40H2,1-2H3,(H,42,43)(H,44,45). The van der Waals surface area contributed by atoms with Gasteiger partial charge >= 0.3 is 19.8 Å². The summed E-state index contributed by atoms with van der Waals surface area (Å²) in [5, 5.41) is 8.85. The molecule has 0 rings (SSSR count). The number of phosphoric ester groups is 1. The number of carbonyl (C=O) groups is 2. The van der Waals surface area contributed by atoms with Crippen molar-refractivity contribution in [3.05, 3.63) is 0 Å². The number of ether oxygens (including phenoxy) is 2. The molecule has 0 aliphatic heterocycles. The van der Waals surface area contributed by atoms with Crippen LogP contribution in [0.2, 0.25) is 0 Å². The molecule has 0 radical (unpaired) electrons. The van der Waals surface area contributed by atoms with Crippen LogP contribution in [0.25, 0.3) is 0 Å². The van der Waals surface area contributed by atoms with Gasteiger partial charge in [-0.2, -0.15) is 0 Å². The van der Waals surface area contributed by atoms with Crippen LogP contribution in [0, 0.1) is 0 Å². The summed E-state index contributed by atoms with van der Waals surface area (Å²) in [6.45, 7) is 3.86. The largest absolute Gasteiger partial charge is 0.480 e. The molecule has 0 saturated carbocycles. The van der Waals surface area contributed by atoms with Crippen LogP contribution >= 0.6 is 7.82 Å². The highest BCUT2D eigenvalue weighted by Crippen LogP contribution is 2.43. The predicted molar refractivity (Wildman–Crippen MR) is 203 cm³/mol. The van der Waals surface area contributed by atoms with Gasteiger partial charge in [0.2, 0.25) is 0 Å². The molecule has 3 atom stereocenters. The van der Waals surface area contributed by atoms with E-state index in [9.17, 15) is 19.0 Å². The molecule has 10 nitrogen and oxygen atoms in total. The molecule has 0 aliphatic carbocycles. The Bertz CT molecular complexity index is 816. The number of phosphoric acid groups is 1. The van der Waals surface area contributed by atoms with Crippen LogP contribution in [-0.4, -0.2) is 60.5 Å². The molecule has 0 heterocycles. The maximum Gasteiger partial charge on any atom is 0.472 e. The average Bonchev–Trinajstić information content (AvgIpc) is 3.09. The van der Waals surface area contributed by atoms with E-state index < -0.39 is 45.1 Å². The number of unbranched alkanes of at least 4 members (excludes halogenated alkanes) is 26. The van der Waals surface area contributed by atoms with Gasteiger partial charge in [-0.25, -0.2) is 4.57 Å². The maximum atomic E-state index is 12.5. The number of carbonyl (C=O) groups excluding carboxylic acids is 1. The number of rotatable bonds is 40. The SMILES string of the molecule is CCCCCCCCCCCCCCCCCCCCCCCOCC(COP(=O)(O)OCC(N)C(=O)O)OC(=O)CCCCCCCCC. The Kier molecular flexibility index (Phi) is 35.6. The summed E-state index contributed by atoms with van der Waals surface area (Å²) in [5.74, 6) is -1.78. The fourth-order valence-corrected chi connectivity index (χ4v) is 6.68. The molecule has 298 valence electrons. The van der Waals surface area contributed by atoms with E-state index in [1.807, 2.05) is 0 Å². The minimum absolute atomic E-state index is 0.0244. The fraction of sp³-hybridized carbons (Fsp3) is 0.949. The Morgan fingerprint density at radius 2 is 0.920 bits per heavy atom. The molecule has 0 aromatic heterocycles. The number of esters is 1. The number of carboxylic acids is 1. The van der Waals surface area contributed by atoms with Gasteiger partial charge in [0.05, 0.1) is 19.8 Å². The molecule has 0 amide bonds. The molecule has 0 spiro atoms. The maximum absolute atomic E-state index is 12.5. The molecule has 3 unspecified atom stereocenters. The van der Waals surface area contributed by atoms with Gasteiger partial charge in [0.25, 0.3) is 0 Å². The minimum Gasteiger partial charge on any atom is -0.480 e. The van der Waals surface area contributed by atoms with Crippen LogP contribution in [0.15, 0.2) is 0 Å². The summed E-state index contributed by atoms with van der Waals surface area (Å²) >= 11 is 0. The monoisotopic (exact) mass is 736 g/mol. The molecule has 50 heavy (non-hydrogen) atoms. The van der Waals surface area contributed by atoms with Crippen molar-refractivity contribution < 1.29 is 42.7 Å². The molecule has 0 fully saturated rings. The van der Waals surface area contributed by atoms with Gasteiger partial charge in [0, 0.05) is 13.0 Å². The number of nitrogens with two attached hydrogens (primary N) is 1. The molecule has 11 heteroatoms. The molecular formula is C39H78NO9P. The van der Waals surface area contributed by atoms with Crippen molar-refractivity contribution in [3.8, 4) is 0 Å². The Morgan fingerprint density at radius 3 is 1.32 bits per heavy atom. The summed E-state index contributed by atoms with van der Waals surface area (Å²) in [6, 6.07) is -1.47. The van der Waals surface area contributed by atoms with Gasteiger partial charge in [0.1, 0.15) is 12.1 Å². The van der Waals surface area contributed by atoms with Crippen molar-refractivity contribution in [2.24, 2.45) is 5.73 Å². The van der Waals surface area contributed by atoms with E-state index >= 15 is 0 Å². The third kappa shape index (κ3) is 35.4. The van der Waals surface area contributed by atoms with E-state index in [1.165, 1.54) is 135 Å². The van der Waals surface area contributed by atoms with E-state index in [4.69, 9.17) is 24.8 Å². The van der Waals surface area contributed by atoms with E-state index in [0.717, 1.165) is 38.5 Å². The highest BCUT2D eigenvalue weighted by atomic mass is 31.2. The predicted octanol–water partition coefficient (Wildman–Crippen LogP) is 10.8. The van der Waals surface area contributed by atoms with Crippen LogP contribution in [0.4, 0.5) is 0 Å². The second-order valence-electron chi connectivity index (χ2n) is 14.1. The molecule has 4 N–H and O–H groups in total. The van der Waals surface area contributed by atoms with Gasteiger partial charge in [-0.15, -0.1) is 0 Å². The van der Waals surface area contributed by atoms with Crippen molar-refractivity contribution in [1.82, 2.24) is 0 Å². The summed E-state index contributed by atoms with van der Waals surface area (Å²) in [6.07, 6.45) is 34.7. The van der Waals surface area contributed by atoms with Crippen molar-refractivity contribution in [3.63, 3.8) is 0 Å². The molecule has 0 bridgehead atoms. The quantitative estimate of drug-likeness (QED) is 0.0314. The van der Waals surface area contributed by atoms with Gasteiger partial charge < -0.3 is 25.2 Å². The van der Waals surface area contributed by atoms with Crippen molar-refractivity contribution in [2.45, 2.75) is 212 Å². The van der Waals surface area contributed by atoms with Gasteiger partial charge in [-0.1, -0.05) is 181 Å². The van der Waals surface area contributed by atoms with Crippen LogP contribution in [-0.2, 0) is 32.7 Å². The lowest BCUT2D eigenvalue weighted by Crippen LogP contribution is -2.34. The van der Waals surface area contributed by atoms with Gasteiger partial charge in [-0.3, -0.25) is 18.6 Å². The summed E-state index contributed by atoms with van der Waals surface area (Å²) in [7, 11) is -4.60. The van der Waals surface area contributed by atoms with Gasteiger partial charge in [-0.05, 0) is 12.8 Å². The first-order valence-electron chi connectivity index (χ1n) is 20.6. The van der Waals surface area contributed by atoms with Crippen molar-refractivity contribution >= 4 is 19.8 Å². The normalized spacial score (nSPS) is 14.0. The average molecular weight is 736 g/mol. The number of carboxylic acid groups (broad SMARTS) is 1. The third-order valence-electron chi connectivity index (χ3n) is 9.14. The van der Waals surface area contributed by atoms with E-state index in [-0.39, 0.29) is 13.0 Å². The number of aliphatic carboxylic acids is 1. The highest BCUT2D eigenvalue weighted by molar-refractivity contribution is 7.47. The van der Waals surface area contributed by atoms with E-state index in [0.29, 0.717) is 13.0 Å². The summed E-state index contributed by atoms with van der Waals surface area (Å²) in [5.41, 5.74) is 5.33.